The first-order valence-electron chi connectivity index (χ1n) is 10.3. The molecule has 0 saturated heterocycles. The number of hydrogen-bond donors (Lipinski definition) is 1. The Morgan fingerprint density at radius 1 is 0.969 bits per heavy atom. The summed E-state index contributed by atoms with van der Waals surface area (Å²) in [7, 11) is -0.880. The lowest BCUT2D eigenvalue weighted by Gasteiger charge is -2.19. The summed E-state index contributed by atoms with van der Waals surface area (Å²) in [6, 6.07) is 19.5. The summed E-state index contributed by atoms with van der Waals surface area (Å²) >= 11 is 0. The largest absolute Gasteiger partial charge is 0.495 e. The summed E-state index contributed by atoms with van der Waals surface area (Å²) in [6.45, 7) is 4.45. The number of amides is 1. The monoisotopic (exact) mass is 452 g/mol. The molecule has 1 N–H and O–H groups in total. The van der Waals surface area contributed by atoms with Crippen LogP contribution >= 0.6 is 0 Å². The molecule has 0 spiro atoms. The fraction of sp³-hybridized carbons (Fsp3) is 0.240. The number of carbonyl (C=O) groups is 1. The molecule has 0 aromatic heterocycles. The molecule has 7 heteroatoms. The summed E-state index contributed by atoms with van der Waals surface area (Å²) < 4.78 is 34.0. The van der Waals surface area contributed by atoms with Crippen molar-refractivity contribution in [3.63, 3.8) is 0 Å². The Morgan fingerprint density at radius 3 is 2.19 bits per heavy atom. The summed E-state index contributed by atoms with van der Waals surface area (Å²) in [5, 5.41) is 0. The van der Waals surface area contributed by atoms with Crippen molar-refractivity contribution in [1.82, 2.24) is 4.90 Å². The Morgan fingerprint density at radius 2 is 1.59 bits per heavy atom. The van der Waals surface area contributed by atoms with Crippen LogP contribution in [0.15, 0.2) is 71.6 Å². The van der Waals surface area contributed by atoms with Gasteiger partial charge in [0.2, 0.25) is 0 Å². The van der Waals surface area contributed by atoms with Gasteiger partial charge in [-0.05, 0) is 54.8 Å². The Bertz CT molecular complexity index is 1190. The van der Waals surface area contributed by atoms with Crippen LogP contribution in [0.2, 0.25) is 0 Å². The van der Waals surface area contributed by atoms with Crippen LogP contribution in [0.3, 0.4) is 0 Å². The topological polar surface area (TPSA) is 75.7 Å². The number of carbonyl (C=O) groups excluding carboxylic acids is 1. The number of aryl methyl sites for hydroxylation is 2. The van der Waals surface area contributed by atoms with Gasteiger partial charge < -0.3 is 9.64 Å². The Hall–Kier alpha value is -3.32. The third-order valence-electron chi connectivity index (χ3n) is 5.20. The van der Waals surface area contributed by atoms with E-state index < -0.39 is 10.0 Å². The molecule has 0 bridgehead atoms. The first kappa shape index (κ1) is 23.3. The van der Waals surface area contributed by atoms with E-state index in [-0.39, 0.29) is 22.1 Å². The fourth-order valence-corrected chi connectivity index (χ4v) is 4.55. The summed E-state index contributed by atoms with van der Waals surface area (Å²) in [4.78, 5) is 14.5. The molecule has 0 aliphatic carbocycles. The van der Waals surface area contributed by atoms with Crippen molar-refractivity contribution in [2.75, 3.05) is 18.9 Å². The van der Waals surface area contributed by atoms with Gasteiger partial charge in [-0.2, -0.15) is 0 Å². The highest BCUT2D eigenvalue weighted by Crippen LogP contribution is 2.28. The van der Waals surface area contributed by atoms with Crippen LogP contribution in [-0.2, 0) is 23.0 Å². The highest BCUT2D eigenvalue weighted by Gasteiger charge is 2.23. The Balaban J connectivity index is 1.86. The molecule has 0 aliphatic heterocycles. The van der Waals surface area contributed by atoms with E-state index in [1.807, 2.05) is 50.2 Å². The lowest BCUT2D eigenvalue weighted by Crippen LogP contribution is -2.26. The van der Waals surface area contributed by atoms with Crippen LogP contribution in [0.25, 0.3) is 0 Å². The smallest absolute Gasteiger partial charge is 0.265 e. The molecule has 3 aromatic rings. The lowest BCUT2D eigenvalue weighted by molar-refractivity contribution is 0.0785. The molecule has 0 fully saturated rings. The quantitative estimate of drug-likeness (QED) is 0.540. The third kappa shape index (κ3) is 5.48. The molecule has 168 valence electrons. The molecular weight excluding hydrogens is 424 g/mol. The molecule has 0 atom stereocenters. The van der Waals surface area contributed by atoms with Gasteiger partial charge in [0.05, 0.1) is 7.11 Å². The fourth-order valence-electron chi connectivity index (χ4n) is 3.30. The minimum Gasteiger partial charge on any atom is -0.495 e. The molecule has 0 heterocycles. The van der Waals surface area contributed by atoms with E-state index in [1.54, 1.807) is 30.1 Å². The Labute approximate surface area is 189 Å². The van der Waals surface area contributed by atoms with Crippen molar-refractivity contribution in [1.29, 1.82) is 0 Å². The number of rotatable bonds is 8. The number of nitrogens with zero attached hydrogens (tertiary/aromatic N) is 1. The number of sulfonamides is 1. The van der Waals surface area contributed by atoms with Crippen molar-refractivity contribution in [2.45, 2.75) is 31.7 Å². The number of nitrogens with one attached hydrogen (secondary N) is 1. The lowest BCUT2D eigenvalue weighted by atomic mass is 10.1. The van der Waals surface area contributed by atoms with Crippen LogP contribution in [0.5, 0.6) is 5.75 Å². The van der Waals surface area contributed by atoms with Crippen molar-refractivity contribution in [2.24, 2.45) is 0 Å². The second kappa shape index (κ2) is 9.87. The predicted octanol–water partition coefficient (Wildman–Crippen LogP) is 4.64. The average molecular weight is 453 g/mol. The molecule has 0 unspecified atom stereocenters. The van der Waals surface area contributed by atoms with Crippen molar-refractivity contribution < 1.29 is 17.9 Å². The van der Waals surface area contributed by atoms with Crippen LogP contribution in [0.1, 0.15) is 34.0 Å². The summed E-state index contributed by atoms with van der Waals surface area (Å²) in [6.07, 6.45) is 0.862. The maximum absolute atomic E-state index is 13.1. The number of hydrogen-bond acceptors (Lipinski definition) is 4. The minimum absolute atomic E-state index is 0.0887. The van der Waals surface area contributed by atoms with E-state index in [1.165, 1.54) is 19.2 Å². The van der Waals surface area contributed by atoms with E-state index >= 15 is 0 Å². The number of methoxy groups -OCH3 is 1. The third-order valence-corrected chi connectivity index (χ3v) is 6.60. The average Bonchev–Trinajstić information content (AvgIpc) is 2.80. The molecule has 3 aromatic carbocycles. The van der Waals surface area contributed by atoms with Crippen LogP contribution < -0.4 is 9.46 Å². The van der Waals surface area contributed by atoms with Gasteiger partial charge in [-0.25, -0.2) is 8.42 Å². The molecular formula is C25H28N2O4S. The zero-order valence-corrected chi connectivity index (χ0v) is 19.6. The van der Waals surface area contributed by atoms with Gasteiger partial charge in [0.1, 0.15) is 10.6 Å². The van der Waals surface area contributed by atoms with Crippen molar-refractivity contribution in [3.8, 4) is 5.75 Å². The van der Waals surface area contributed by atoms with Crippen LogP contribution in [0, 0.1) is 6.92 Å². The first-order chi connectivity index (χ1) is 15.2. The summed E-state index contributed by atoms with van der Waals surface area (Å²) in [5.41, 5.74) is 3.95. The van der Waals surface area contributed by atoms with E-state index in [0.717, 1.165) is 23.1 Å². The van der Waals surface area contributed by atoms with Crippen molar-refractivity contribution in [3.05, 3.63) is 89.0 Å². The van der Waals surface area contributed by atoms with Crippen molar-refractivity contribution >= 4 is 21.6 Å². The van der Waals surface area contributed by atoms with Gasteiger partial charge in [-0.15, -0.1) is 0 Å². The van der Waals surface area contributed by atoms with E-state index in [9.17, 15) is 13.2 Å². The van der Waals surface area contributed by atoms with Gasteiger partial charge >= 0.3 is 0 Å². The maximum atomic E-state index is 13.1. The highest BCUT2D eigenvalue weighted by molar-refractivity contribution is 7.92. The summed E-state index contributed by atoms with van der Waals surface area (Å²) in [5.74, 6) is -0.114. The number of ether oxygens (including phenoxy) is 1. The second-order valence-corrected chi connectivity index (χ2v) is 9.32. The van der Waals surface area contributed by atoms with Crippen LogP contribution in [0.4, 0.5) is 5.69 Å². The van der Waals surface area contributed by atoms with E-state index in [0.29, 0.717) is 12.2 Å². The Kier molecular flexibility index (Phi) is 7.20. The number of benzene rings is 3. The maximum Gasteiger partial charge on any atom is 0.265 e. The molecule has 0 radical (unpaired) electrons. The zero-order chi connectivity index (χ0) is 23.3. The molecule has 3 rings (SSSR count). The molecule has 0 saturated carbocycles. The number of anilines is 1. The predicted molar refractivity (Wildman–Crippen MR) is 127 cm³/mol. The van der Waals surface area contributed by atoms with E-state index in [2.05, 4.69) is 4.72 Å². The normalized spacial score (nSPS) is 11.1. The highest BCUT2D eigenvalue weighted by atomic mass is 32.2. The van der Waals surface area contributed by atoms with Crippen LogP contribution in [-0.4, -0.2) is 33.4 Å². The molecule has 32 heavy (non-hydrogen) atoms. The standard InChI is InChI=1S/C25H28N2O4S/c1-5-19-10-13-22(14-11-19)26-32(29,30)24-16-21(12-15-23(24)31-4)25(28)27(3)17-20-8-6-18(2)7-9-20/h6-16,26H,5,17H2,1-4H3. The van der Waals surface area contributed by atoms with Gasteiger partial charge in [-0.3, -0.25) is 9.52 Å². The van der Waals surface area contributed by atoms with Gasteiger partial charge in [0, 0.05) is 24.8 Å². The van der Waals surface area contributed by atoms with E-state index in [4.69, 9.17) is 4.74 Å². The first-order valence-corrected chi connectivity index (χ1v) is 11.8. The molecule has 6 nitrogen and oxygen atoms in total. The van der Waals surface area contributed by atoms with Gasteiger partial charge in [0.25, 0.3) is 15.9 Å². The second-order valence-electron chi connectivity index (χ2n) is 7.67. The minimum atomic E-state index is -3.97. The van der Waals surface area contributed by atoms with Gasteiger partial charge in [0.15, 0.2) is 0 Å². The molecule has 0 aliphatic rings. The SMILES string of the molecule is CCc1ccc(NS(=O)(=O)c2cc(C(=O)N(C)Cc3ccc(C)cc3)ccc2OC)cc1. The molecule has 1 amide bonds. The zero-order valence-electron chi connectivity index (χ0n) is 18.8. The van der Waals surface area contributed by atoms with Gasteiger partial charge in [-0.1, -0.05) is 48.9 Å².